The van der Waals surface area contributed by atoms with Crippen LogP contribution in [0.1, 0.15) is 20.7 Å². The molecule has 0 atom stereocenters. The van der Waals surface area contributed by atoms with Gasteiger partial charge in [0.15, 0.2) is 0 Å². The lowest BCUT2D eigenvalue weighted by molar-refractivity contribution is 0.0600. The van der Waals surface area contributed by atoms with Gasteiger partial charge in [-0.05, 0) is 12.1 Å². The quantitative estimate of drug-likeness (QED) is 0.822. The van der Waals surface area contributed by atoms with Crippen molar-refractivity contribution < 1.29 is 24.2 Å². The first-order valence-electron chi connectivity index (χ1n) is 4.20. The molecule has 1 rings (SSSR count). The number of carbonyl (C=O) groups is 2. The highest BCUT2D eigenvalue weighted by Crippen LogP contribution is 2.27. The predicted molar refractivity (Wildman–Crippen MR) is 56.3 cm³/mol. The number of carboxylic acids is 1. The van der Waals surface area contributed by atoms with Gasteiger partial charge < -0.3 is 14.6 Å². The maximum Gasteiger partial charge on any atom is 0.339 e. The summed E-state index contributed by atoms with van der Waals surface area (Å²) in [4.78, 5) is 22.2. The molecule has 5 nitrogen and oxygen atoms in total. The number of benzene rings is 1. The monoisotopic (exact) mass is 244 g/mol. The van der Waals surface area contributed by atoms with Gasteiger partial charge in [-0.25, -0.2) is 9.59 Å². The molecule has 0 spiro atoms. The second-order valence-corrected chi connectivity index (χ2v) is 3.21. The molecule has 0 bridgehead atoms. The highest BCUT2D eigenvalue weighted by atomic mass is 35.5. The maximum absolute atomic E-state index is 11.3. The van der Waals surface area contributed by atoms with Gasteiger partial charge in [-0.3, -0.25) is 0 Å². The molecule has 0 saturated carbocycles. The second kappa shape index (κ2) is 4.85. The Bertz CT molecular complexity index is 441. The van der Waals surface area contributed by atoms with Crippen molar-refractivity contribution in [3.63, 3.8) is 0 Å². The fourth-order valence-corrected chi connectivity index (χ4v) is 1.40. The Hall–Kier alpha value is -1.75. The van der Waals surface area contributed by atoms with E-state index in [2.05, 4.69) is 4.74 Å². The molecule has 0 aliphatic rings. The first-order valence-corrected chi connectivity index (χ1v) is 4.58. The minimum Gasteiger partial charge on any atom is -0.497 e. The molecule has 6 heteroatoms. The molecular formula is C10H9ClO5. The Kier molecular flexibility index (Phi) is 3.73. The summed E-state index contributed by atoms with van der Waals surface area (Å²) < 4.78 is 9.35. The lowest BCUT2D eigenvalue weighted by Gasteiger charge is -2.08. The Labute approximate surface area is 96.5 Å². The molecule has 16 heavy (non-hydrogen) atoms. The minimum atomic E-state index is -1.24. The SMILES string of the molecule is COC(=O)c1cc(OC)cc(C(=O)O)c1Cl. The van der Waals surface area contributed by atoms with Crippen LogP contribution in [-0.4, -0.2) is 31.3 Å². The molecule has 0 aliphatic heterocycles. The van der Waals surface area contributed by atoms with Crippen molar-refractivity contribution in [2.75, 3.05) is 14.2 Å². The number of ether oxygens (including phenoxy) is 2. The highest BCUT2D eigenvalue weighted by Gasteiger charge is 2.19. The summed E-state index contributed by atoms with van der Waals surface area (Å²) in [6.07, 6.45) is 0. The Morgan fingerprint density at radius 3 is 2.25 bits per heavy atom. The van der Waals surface area contributed by atoms with Gasteiger partial charge in [-0.1, -0.05) is 11.6 Å². The summed E-state index contributed by atoms with van der Waals surface area (Å²) in [5.74, 6) is -1.73. The maximum atomic E-state index is 11.3. The van der Waals surface area contributed by atoms with Gasteiger partial charge in [0, 0.05) is 0 Å². The van der Waals surface area contributed by atoms with E-state index in [9.17, 15) is 9.59 Å². The van der Waals surface area contributed by atoms with Crippen LogP contribution in [0.5, 0.6) is 5.75 Å². The Morgan fingerprint density at radius 1 is 1.25 bits per heavy atom. The van der Waals surface area contributed by atoms with Crippen LogP contribution in [0.2, 0.25) is 5.02 Å². The first-order chi connectivity index (χ1) is 7.51. The Balaban J connectivity index is 3.43. The number of hydrogen-bond donors (Lipinski definition) is 1. The average Bonchev–Trinajstić information content (AvgIpc) is 2.28. The van der Waals surface area contributed by atoms with Gasteiger partial charge in [-0.2, -0.15) is 0 Å². The van der Waals surface area contributed by atoms with E-state index < -0.39 is 11.9 Å². The fourth-order valence-electron chi connectivity index (χ4n) is 1.13. The normalized spacial score (nSPS) is 9.69. The van der Waals surface area contributed by atoms with E-state index in [-0.39, 0.29) is 21.9 Å². The van der Waals surface area contributed by atoms with Crippen LogP contribution in [0, 0.1) is 0 Å². The molecule has 0 aromatic heterocycles. The molecule has 0 amide bonds. The summed E-state index contributed by atoms with van der Waals surface area (Å²) in [5, 5.41) is 8.71. The van der Waals surface area contributed by atoms with Crippen molar-refractivity contribution in [1.82, 2.24) is 0 Å². The zero-order chi connectivity index (χ0) is 12.3. The summed E-state index contributed by atoms with van der Waals surface area (Å²) in [5.41, 5.74) is -0.248. The van der Waals surface area contributed by atoms with Gasteiger partial charge in [0.1, 0.15) is 5.75 Å². The van der Waals surface area contributed by atoms with E-state index in [1.54, 1.807) is 0 Å². The number of esters is 1. The van der Waals surface area contributed by atoms with Crippen LogP contribution in [0.3, 0.4) is 0 Å². The number of aromatic carboxylic acids is 1. The molecule has 1 aromatic rings. The molecule has 1 aromatic carbocycles. The summed E-state index contributed by atoms with van der Waals surface area (Å²) in [6.45, 7) is 0. The number of halogens is 1. The van der Waals surface area contributed by atoms with Crippen molar-refractivity contribution in [2.24, 2.45) is 0 Å². The van der Waals surface area contributed by atoms with E-state index >= 15 is 0 Å². The van der Waals surface area contributed by atoms with Crippen molar-refractivity contribution in [2.45, 2.75) is 0 Å². The third-order valence-electron chi connectivity index (χ3n) is 1.92. The summed E-state index contributed by atoms with van der Waals surface area (Å²) in [7, 11) is 2.54. The molecule has 0 heterocycles. The molecule has 0 saturated heterocycles. The van der Waals surface area contributed by atoms with Crippen LogP contribution < -0.4 is 4.74 Å². The van der Waals surface area contributed by atoms with Crippen LogP contribution in [0.15, 0.2) is 12.1 Å². The third-order valence-corrected chi connectivity index (χ3v) is 2.32. The van der Waals surface area contributed by atoms with E-state index in [0.717, 1.165) is 0 Å². The number of methoxy groups -OCH3 is 2. The fraction of sp³-hybridized carbons (Fsp3) is 0.200. The predicted octanol–water partition coefficient (Wildman–Crippen LogP) is 1.83. The smallest absolute Gasteiger partial charge is 0.339 e. The third kappa shape index (κ3) is 2.25. The molecule has 86 valence electrons. The van der Waals surface area contributed by atoms with Crippen molar-refractivity contribution in [1.29, 1.82) is 0 Å². The number of hydrogen-bond acceptors (Lipinski definition) is 4. The molecular weight excluding hydrogens is 236 g/mol. The lowest BCUT2D eigenvalue weighted by atomic mass is 10.1. The second-order valence-electron chi connectivity index (χ2n) is 2.83. The standard InChI is InChI=1S/C10H9ClO5/c1-15-5-3-6(9(12)13)8(11)7(4-5)10(14)16-2/h3-4H,1-2H3,(H,12,13). The van der Waals surface area contributed by atoms with E-state index in [1.807, 2.05) is 0 Å². The Morgan fingerprint density at radius 2 is 1.81 bits per heavy atom. The van der Waals surface area contributed by atoms with Crippen LogP contribution in [0.25, 0.3) is 0 Å². The average molecular weight is 245 g/mol. The van der Waals surface area contributed by atoms with E-state index in [0.29, 0.717) is 0 Å². The van der Waals surface area contributed by atoms with Gasteiger partial charge >= 0.3 is 11.9 Å². The van der Waals surface area contributed by atoms with Crippen LogP contribution >= 0.6 is 11.6 Å². The van der Waals surface area contributed by atoms with Gasteiger partial charge in [-0.15, -0.1) is 0 Å². The summed E-state index contributed by atoms with van der Waals surface area (Å²) in [6, 6.07) is 2.55. The van der Waals surface area contributed by atoms with Crippen LogP contribution in [-0.2, 0) is 4.74 Å². The van der Waals surface area contributed by atoms with E-state index in [1.165, 1.54) is 26.4 Å². The van der Waals surface area contributed by atoms with Crippen LogP contribution in [0.4, 0.5) is 0 Å². The minimum absolute atomic E-state index is 0.0408. The highest BCUT2D eigenvalue weighted by molar-refractivity contribution is 6.36. The molecule has 0 aliphatic carbocycles. The number of rotatable bonds is 3. The number of carbonyl (C=O) groups excluding carboxylic acids is 1. The van der Waals surface area contributed by atoms with E-state index in [4.69, 9.17) is 21.4 Å². The zero-order valence-electron chi connectivity index (χ0n) is 8.61. The number of carboxylic acid groups (broad SMARTS) is 1. The van der Waals surface area contributed by atoms with Crippen molar-refractivity contribution in [3.8, 4) is 5.75 Å². The zero-order valence-corrected chi connectivity index (χ0v) is 9.37. The summed E-state index contributed by atoms with van der Waals surface area (Å²) >= 11 is 5.77. The van der Waals surface area contributed by atoms with Crippen molar-refractivity contribution >= 4 is 23.5 Å². The molecule has 0 radical (unpaired) electrons. The largest absolute Gasteiger partial charge is 0.497 e. The topological polar surface area (TPSA) is 72.8 Å². The van der Waals surface area contributed by atoms with Crippen molar-refractivity contribution in [3.05, 3.63) is 28.3 Å². The first kappa shape index (κ1) is 12.3. The molecule has 0 fully saturated rings. The molecule has 0 unspecified atom stereocenters. The van der Waals surface area contributed by atoms with Gasteiger partial charge in [0.05, 0.1) is 30.4 Å². The van der Waals surface area contributed by atoms with Gasteiger partial charge in [0.2, 0.25) is 0 Å². The van der Waals surface area contributed by atoms with Gasteiger partial charge in [0.25, 0.3) is 0 Å². The molecule has 1 N–H and O–H groups in total. The lowest BCUT2D eigenvalue weighted by Crippen LogP contribution is -2.07.